The highest BCUT2D eigenvalue weighted by atomic mass is 15.1. The molecule has 0 unspecified atom stereocenters. The van der Waals surface area contributed by atoms with E-state index in [1.807, 2.05) is 0 Å². The molecular weight excluding hydrogens is 265 g/mol. The van der Waals surface area contributed by atoms with E-state index < -0.39 is 0 Å². The summed E-state index contributed by atoms with van der Waals surface area (Å²) in [5.41, 5.74) is 7.45. The summed E-state index contributed by atoms with van der Waals surface area (Å²) in [5.74, 6) is 0. The van der Waals surface area contributed by atoms with Crippen LogP contribution in [0.25, 0.3) is 0 Å². The Bertz CT molecular complexity index is 732. The van der Waals surface area contributed by atoms with E-state index in [4.69, 9.17) is 0 Å². The first-order valence-corrected chi connectivity index (χ1v) is 7.65. The zero-order valence-corrected chi connectivity index (χ0v) is 13.4. The number of para-hydroxylation sites is 2. The lowest BCUT2D eigenvalue weighted by atomic mass is 9.96. The van der Waals surface area contributed by atoms with Crippen molar-refractivity contribution in [3.63, 3.8) is 0 Å². The highest BCUT2D eigenvalue weighted by molar-refractivity contribution is 6.32. The van der Waals surface area contributed by atoms with Crippen LogP contribution in [-0.2, 0) is 0 Å². The summed E-state index contributed by atoms with van der Waals surface area (Å²) in [6.07, 6.45) is 0. The zero-order chi connectivity index (χ0) is 15.5. The van der Waals surface area contributed by atoms with Crippen LogP contribution in [0.2, 0.25) is 0 Å². The minimum atomic E-state index is 1.19. The molecule has 0 saturated carbocycles. The average Bonchev–Trinajstić information content (AvgIpc) is 2.53. The molecule has 22 heavy (non-hydrogen) atoms. The van der Waals surface area contributed by atoms with E-state index in [1.54, 1.807) is 0 Å². The van der Waals surface area contributed by atoms with Crippen LogP contribution in [-0.4, -0.2) is 7.85 Å². The van der Waals surface area contributed by atoms with Crippen LogP contribution in [0.5, 0.6) is 0 Å². The van der Waals surface area contributed by atoms with Crippen molar-refractivity contribution in [2.75, 3.05) is 4.90 Å². The van der Waals surface area contributed by atoms with E-state index in [9.17, 15) is 0 Å². The monoisotopic (exact) mass is 285 g/mol. The fraction of sp³-hybridized carbons (Fsp3) is 0.100. The summed E-state index contributed by atoms with van der Waals surface area (Å²) >= 11 is 0. The van der Waals surface area contributed by atoms with E-state index >= 15 is 0 Å². The Morgan fingerprint density at radius 3 is 1.55 bits per heavy atom. The quantitative estimate of drug-likeness (QED) is 0.657. The van der Waals surface area contributed by atoms with Crippen molar-refractivity contribution >= 4 is 30.4 Å². The van der Waals surface area contributed by atoms with Crippen LogP contribution in [0, 0.1) is 13.8 Å². The fourth-order valence-electron chi connectivity index (χ4n) is 2.73. The van der Waals surface area contributed by atoms with Gasteiger partial charge in [0.25, 0.3) is 0 Å². The molecule has 0 atom stereocenters. The molecule has 0 aliphatic carbocycles. The molecule has 0 N–H and O–H groups in total. The highest BCUT2D eigenvalue weighted by Crippen LogP contribution is 2.37. The second kappa shape index (κ2) is 6.11. The van der Waals surface area contributed by atoms with Gasteiger partial charge in [0, 0.05) is 17.1 Å². The van der Waals surface area contributed by atoms with Gasteiger partial charge in [0.2, 0.25) is 0 Å². The maximum absolute atomic E-state index is 2.34. The van der Waals surface area contributed by atoms with Crippen LogP contribution >= 0.6 is 0 Å². The first-order chi connectivity index (χ1) is 10.7. The van der Waals surface area contributed by atoms with Gasteiger partial charge in [-0.1, -0.05) is 54.0 Å². The molecule has 3 rings (SSSR count). The molecule has 0 radical (unpaired) electrons. The number of anilines is 3. The van der Waals surface area contributed by atoms with Gasteiger partial charge in [-0.3, -0.25) is 0 Å². The molecule has 0 aliphatic heterocycles. The zero-order valence-electron chi connectivity index (χ0n) is 13.4. The Morgan fingerprint density at radius 1 is 0.636 bits per heavy atom. The summed E-state index contributed by atoms with van der Waals surface area (Å²) in [4.78, 5) is 2.34. The Hall–Kier alpha value is -2.48. The van der Waals surface area contributed by atoms with Crippen molar-refractivity contribution in [3.05, 3.63) is 83.9 Å². The third-order valence-corrected chi connectivity index (χ3v) is 4.00. The number of benzene rings is 3. The van der Waals surface area contributed by atoms with Gasteiger partial charge in [0.1, 0.15) is 7.85 Å². The van der Waals surface area contributed by atoms with Gasteiger partial charge in [-0.25, -0.2) is 0 Å². The molecule has 0 spiro atoms. The third kappa shape index (κ3) is 2.78. The average molecular weight is 285 g/mol. The predicted molar refractivity (Wildman–Crippen MR) is 98.8 cm³/mol. The van der Waals surface area contributed by atoms with E-state index in [-0.39, 0.29) is 0 Å². The molecule has 3 aromatic rings. The first kappa shape index (κ1) is 14.5. The van der Waals surface area contributed by atoms with Crippen LogP contribution in [0.3, 0.4) is 0 Å². The standard InChI is InChI=1S/C20H20BN/c1-15-7-3-5-9-19(15)22(18-13-11-17(21)12-14-18)20-10-6-4-8-16(20)2/h3-14H,21H2,1-2H3. The highest BCUT2D eigenvalue weighted by Gasteiger charge is 2.15. The SMILES string of the molecule is Bc1ccc(N(c2ccccc2C)c2ccccc2C)cc1. The maximum atomic E-state index is 2.34. The lowest BCUT2D eigenvalue weighted by Crippen LogP contribution is -2.13. The summed E-state index contributed by atoms with van der Waals surface area (Å²) in [6.45, 7) is 4.32. The maximum Gasteiger partial charge on any atom is 0.139 e. The van der Waals surface area contributed by atoms with Gasteiger partial charge < -0.3 is 4.90 Å². The largest absolute Gasteiger partial charge is 0.310 e. The summed E-state index contributed by atoms with van der Waals surface area (Å²) in [6, 6.07) is 25.8. The molecule has 0 amide bonds. The lowest BCUT2D eigenvalue weighted by Gasteiger charge is -2.28. The molecule has 2 heteroatoms. The van der Waals surface area contributed by atoms with Crippen LogP contribution in [0.1, 0.15) is 11.1 Å². The molecule has 108 valence electrons. The number of hydrogen-bond acceptors (Lipinski definition) is 1. The molecule has 3 aromatic carbocycles. The smallest absolute Gasteiger partial charge is 0.139 e. The molecular formula is C20H20BN. The lowest BCUT2D eigenvalue weighted by molar-refractivity contribution is 1.23. The van der Waals surface area contributed by atoms with Crippen LogP contribution in [0.15, 0.2) is 72.8 Å². The van der Waals surface area contributed by atoms with Crippen LogP contribution < -0.4 is 10.4 Å². The van der Waals surface area contributed by atoms with Gasteiger partial charge in [-0.05, 0) is 49.2 Å². The third-order valence-electron chi connectivity index (χ3n) is 4.00. The first-order valence-electron chi connectivity index (χ1n) is 7.65. The Balaban J connectivity index is 2.21. The van der Waals surface area contributed by atoms with E-state index in [0.29, 0.717) is 0 Å². The Kier molecular flexibility index (Phi) is 4.01. The van der Waals surface area contributed by atoms with Crippen molar-refractivity contribution in [1.82, 2.24) is 0 Å². The molecule has 0 bridgehead atoms. The second-order valence-electron chi connectivity index (χ2n) is 5.74. The summed E-state index contributed by atoms with van der Waals surface area (Å²) in [5, 5.41) is 0. The van der Waals surface area contributed by atoms with E-state index in [1.165, 1.54) is 33.7 Å². The number of rotatable bonds is 3. The molecule has 1 nitrogen and oxygen atoms in total. The number of nitrogens with zero attached hydrogens (tertiary/aromatic N) is 1. The van der Waals surface area contributed by atoms with Crippen molar-refractivity contribution < 1.29 is 0 Å². The summed E-state index contributed by atoms with van der Waals surface area (Å²) < 4.78 is 0. The molecule has 0 heterocycles. The van der Waals surface area contributed by atoms with Gasteiger partial charge in [-0.15, -0.1) is 0 Å². The number of aryl methyl sites for hydroxylation is 2. The Morgan fingerprint density at radius 2 is 1.09 bits per heavy atom. The summed E-state index contributed by atoms with van der Waals surface area (Å²) in [7, 11) is 2.12. The molecule has 0 saturated heterocycles. The van der Waals surface area contributed by atoms with Crippen molar-refractivity contribution in [3.8, 4) is 0 Å². The molecule has 0 aliphatic rings. The number of hydrogen-bond donors (Lipinski definition) is 0. The molecule has 0 aromatic heterocycles. The van der Waals surface area contributed by atoms with Crippen molar-refractivity contribution in [2.24, 2.45) is 0 Å². The van der Waals surface area contributed by atoms with Crippen LogP contribution in [0.4, 0.5) is 17.1 Å². The minimum Gasteiger partial charge on any atom is -0.310 e. The van der Waals surface area contributed by atoms with Gasteiger partial charge in [0.15, 0.2) is 0 Å². The topological polar surface area (TPSA) is 3.24 Å². The molecule has 0 fully saturated rings. The minimum absolute atomic E-state index is 1.19. The van der Waals surface area contributed by atoms with Crippen molar-refractivity contribution in [1.29, 1.82) is 0 Å². The fourth-order valence-corrected chi connectivity index (χ4v) is 2.73. The van der Waals surface area contributed by atoms with Gasteiger partial charge >= 0.3 is 0 Å². The van der Waals surface area contributed by atoms with E-state index in [2.05, 4.69) is 99.4 Å². The van der Waals surface area contributed by atoms with Gasteiger partial charge in [-0.2, -0.15) is 0 Å². The predicted octanol–water partition coefficient (Wildman–Crippen LogP) is 4.03. The Labute approximate surface area is 133 Å². The van der Waals surface area contributed by atoms with Gasteiger partial charge in [0.05, 0.1) is 0 Å². The van der Waals surface area contributed by atoms with Crippen molar-refractivity contribution in [2.45, 2.75) is 13.8 Å². The van der Waals surface area contributed by atoms with E-state index in [0.717, 1.165) is 0 Å². The second-order valence-corrected chi connectivity index (χ2v) is 5.74. The normalized spacial score (nSPS) is 10.5.